The number of methoxy groups -OCH3 is 1. The fraction of sp³-hybridized carbons (Fsp3) is 0.741. The third-order valence-corrected chi connectivity index (χ3v) is 15.9. The van der Waals surface area contributed by atoms with E-state index in [-0.39, 0.29) is 37.8 Å². The maximum Gasteiger partial charge on any atom is 0.324 e. The Bertz CT molecular complexity index is 2020. The van der Waals surface area contributed by atoms with E-state index in [0.29, 0.717) is 36.0 Å². The summed E-state index contributed by atoms with van der Waals surface area (Å²) < 4.78 is 46.6. The summed E-state index contributed by atoms with van der Waals surface area (Å²) in [5, 5.41) is 56.0. The number of anilines is 1. The van der Waals surface area contributed by atoms with Gasteiger partial charge in [0.2, 0.25) is 0 Å². The minimum atomic E-state index is -1.87. The predicted octanol–water partition coefficient (Wildman–Crippen LogP) is 6.30. The molecular formula is C54H87ClN4O13. The summed E-state index contributed by atoms with van der Waals surface area (Å²) in [6.45, 7) is 20.8. The number of nitrogens with zero attached hydrogens (tertiary/aromatic N) is 2. The van der Waals surface area contributed by atoms with E-state index < -0.39 is 108 Å². The van der Waals surface area contributed by atoms with Gasteiger partial charge in [0.25, 0.3) is 0 Å². The fourth-order valence-corrected chi connectivity index (χ4v) is 11.1. The van der Waals surface area contributed by atoms with Crippen molar-refractivity contribution in [2.24, 2.45) is 17.8 Å². The minimum Gasteiger partial charge on any atom is -0.483 e. The number of hydrogen-bond donors (Lipinski definition) is 6. The van der Waals surface area contributed by atoms with E-state index in [1.807, 2.05) is 45.9 Å². The van der Waals surface area contributed by atoms with Gasteiger partial charge in [0.15, 0.2) is 18.7 Å². The molecule has 72 heavy (non-hydrogen) atoms. The van der Waals surface area contributed by atoms with E-state index in [2.05, 4.69) is 10.6 Å². The van der Waals surface area contributed by atoms with Gasteiger partial charge in [0.05, 0.1) is 42.0 Å². The average Bonchev–Trinajstić information content (AvgIpc) is 3.34. The average molecular weight is 1040 g/mol. The summed E-state index contributed by atoms with van der Waals surface area (Å²) in [6.07, 6.45) is -7.72. The summed E-state index contributed by atoms with van der Waals surface area (Å²) in [6, 6.07) is 14.5. The Kier molecular flexibility index (Phi) is 20.8. The second-order valence-corrected chi connectivity index (χ2v) is 22.0. The summed E-state index contributed by atoms with van der Waals surface area (Å²) >= 11 is 6.21. The van der Waals surface area contributed by atoms with Crippen molar-refractivity contribution in [1.82, 2.24) is 15.5 Å². The van der Waals surface area contributed by atoms with Gasteiger partial charge in [-0.1, -0.05) is 57.5 Å². The molecule has 0 spiro atoms. The first-order valence-electron chi connectivity index (χ1n) is 25.9. The van der Waals surface area contributed by atoms with Gasteiger partial charge in [0.1, 0.15) is 34.8 Å². The van der Waals surface area contributed by atoms with Crippen LogP contribution in [0.2, 0.25) is 5.02 Å². The molecule has 3 aliphatic heterocycles. The molecule has 5 rings (SSSR count). The minimum absolute atomic E-state index is 0.0485. The smallest absolute Gasteiger partial charge is 0.324 e. The summed E-state index contributed by atoms with van der Waals surface area (Å²) in [5.41, 5.74) is -5.60. The van der Waals surface area contributed by atoms with Gasteiger partial charge in [0, 0.05) is 56.8 Å². The number of amides is 2. The van der Waals surface area contributed by atoms with Crippen molar-refractivity contribution in [2.75, 3.05) is 45.7 Å². The molecule has 408 valence electrons. The number of urea groups is 1. The van der Waals surface area contributed by atoms with E-state index in [0.717, 1.165) is 6.42 Å². The van der Waals surface area contributed by atoms with Gasteiger partial charge < -0.3 is 69.1 Å². The third-order valence-electron chi connectivity index (χ3n) is 15.6. The largest absolute Gasteiger partial charge is 0.483 e. The van der Waals surface area contributed by atoms with E-state index in [9.17, 15) is 30.0 Å². The molecule has 0 unspecified atom stereocenters. The van der Waals surface area contributed by atoms with Crippen LogP contribution in [0.4, 0.5) is 10.5 Å². The van der Waals surface area contributed by atoms with Crippen LogP contribution in [0.3, 0.4) is 0 Å². The van der Waals surface area contributed by atoms with Crippen LogP contribution in [0.15, 0.2) is 54.6 Å². The lowest BCUT2D eigenvalue weighted by molar-refractivity contribution is -0.335. The number of nitrogens with one attached hydrogen (secondary N) is 2. The lowest BCUT2D eigenvalue weighted by Gasteiger charge is -2.53. The maximum absolute atomic E-state index is 14.7. The molecule has 3 fully saturated rings. The number of benzene rings is 2. The van der Waals surface area contributed by atoms with Crippen molar-refractivity contribution in [3.8, 4) is 5.75 Å². The SMILES string of the molecule is CCCNC[C@]1(O)[C@H](C)O[C@@H](O[C@H]2[C@H](C)[C@@H](O[C@@H]3O[C@H](C)C[C@H](N(C)C(=O)N(C)c4ccc(Cl)cc4)[C@H]3Oc3ccccc3)[C@](C)(O)C[C@@H](C)CN[C@H](C)[C@@H](O)[C@](C)(O)[C@@H](CC)OC(=O)[C@@H]2C)C[C@@]1(C)OC. The first-order chi connectivity index (χ1) is 33.7. The van der Waals surface area contributed by atoms with Crippen molar-refractivity contribution in [1.29, 1.82) is 0 Å². The molecule has 0 bridgehead atoms. The van der Waals surface area contributed by atoms with Crippen molar-refractivity contribution >= 4 is 29.3 Å². The van der Waals surface area contributed by atoms with Crippen molar-refractivity contribution < 1.29 is 63.2 Å². The number of aliphatic hydroxyl groups excluding tert-OH is 1. The number of rotatable bonds is 14. The number of ether oxygens (including phenoxy) is 7. The number of likely N-dealkylation sites (N-methyl/N-ethyl adjacent to an activating group) is 1. The highest BCUT2D eigenvalue weighted by molar-refractivity contribution is 6.30. The van der Waals surface area contributed by atoms with Crippen LogP contribution in [0.5, 0.6) is 5.75 Å². The van der Waals surface area contributed by atoms with E-state index in [1.54, 1.807) is 96.9 Å². The second kappa shape index (κ2) is 25.1. The third kappa shape index (κ3) is 13.6. The topological polar surface area (TPSA) is 210 Å². The van der Waals surface area contributed by atoms with Crippen LogP contribution in [0.25, 0.3) is 0 Å². The van der Waals surface area contributed by atoms with Gasteiger partial charge in [-0.05, 0) is 130 Å². The molecule has 0 aliphatic carbocycles. The van der Waals surface area contributed by atoms with Crippen LogP contribution in [-0.2, 0) is 33.2 Å². The Labute approximate surface area is 433 Å². The predicted molar refractivity (Wildman–Crippen MR) is 276 cm³/mol. The molecule has 17 nitrogen and oxygen atoms in total. The molecule has 3 saturated heterocycles. The molecule has 0 radical (unpaired) electrons. The molecule has 18 atom stereocenters. The van der Waals surface area contributed by atoms with Crippen LogP contribution in [0, 0.1) is 17.8 Å². The number of carbonyl (C=O) groups excluding carboxylic acids is 2. The fourth-order valence-electron chi connectivity index (χ4n) is 11.0. The normalized spacial score (nSPS) is 39.5. The lowest BCUT2D eigenvalue weighted by Crippen LogP contribution is -2.70. The zero-order valence-corrected chi connectivity index (χ0v) is 45.9. The highest BCUT2D eigenvalue weighted by Crippen LogP contribution is 2.44. The first-order valence-corrected chi connectivity index (χ1v) is 26.3. The number of carbonyl (C=O) groups is 2. The van der Waals surface area contributed by atoms with E-state index in [1.165, 1.54) is 18.9 Å². The number of esters is 1. The molecule has 0 aromatic heterocycles. The molecule has 18 heteroatoms. The maximum atomic E-state index is 14.7. The quantitative estimate of drug-likeness (QED) is 0.0907. The molecule has 0 saturated carbocycles. The Morgan fingerprint density at radius 3 is 2.18 bits per heavy atom. The highest BCUT2D eigenvalue weighted by Gasteiger charge is 2.58. The zero-order valence-electron chi connectivity index (χ0n) is 45.2. The van der Waals surface area contributed by atoms with Crippen molar-refractivity contribution in [3.63, 3.8) is 0 Å². The Balaban J connectivity index is 1.63. The number of hydrogen-bond acceptors (Lipinski definition) is 15. The van der Waals surface area contributed by atoms with Crippen LogP contribution < -0.4 is 20.3 Å². The number of para-hydroxylation sites is 1. The van der Waals surface area contributed by atoms with Gasteiger partial charge in [-0.25, -0.2) is 4.79 Å². The van der Waals surface area contributed by atoms with Gasteiger partial charge in [-0.3, -0.25) is 9.69 Å². The van der Waals surface area contributed by atoms with Gasteiger partial charge in [-0.15, -0.1) is 0 Å². The first kappa shape index (κ1) is 59.7. The van der Waals surface area contributed by atoms with Gasteiger partial charge >= 0.3 is 12.0 Å². The number of aliphatic hydroxyl groups is 4. The molecular weight excluding hydrogens is 948 g/mol. The summed E-state index contributed by atoms with van der Waals surface area (Å²) in [4.78, 5) is 32.3. The van der Waals surface area contributed by atoms with Gasteiger partial charge in [-0.2, -0.15) is 0 Å². The lowest BCUT2D eigenvalue weighted by atomic mass is 9.75. The van der Waals surface area contributed by atoms with E-state index in [4.69, 9.17) is 44.8 Å². The summed E-state index contributed by atoms with van der Waals surface area (Å²) in [5.74, 6) is -2.46. The second-order valence-electron chi connectivity index (χ2n) is 21.6. The van der Waals surface area contributed by atoms with Crippen LogP contribution >= 0.6 is 11.6 Å². The summed E-state index contributed by atoms with van der Waals surface area (Å²) in [7, 11) is 4.93. The van der Waals surface area contributed by atoms with Crippen molar-refractivity contribution in [3.05, 3.63) is 59.6 Å². The zero-order chi connectivity index (χ0) is 53.5. The monoisotopic (exact) mass is 1030 g/mol. The number of cyclic esters (lactones) is 1. The van der Waals surface area contributed by atoms with Crippen molar-refractivity contribution in [2.45, 2.75) is 198 Å². The highest BCUT2D eigenvalue weighted by atomic mass is 35.5. The number of halogens is 1. The molecule has 2 aromatic rings. The van der Waals surface area contributed by atoms with Crippen LogP contribution in [-0.4, -0.2) is 168 Å². The van der Waals surface area contributed by atoms with Crippen LogP contribution in [0.1, 0.15) is 108 Å². The molecule has 3 heterocycles. The Morgan fingerprint density at radius 2 is 1.57 bits per heavy atom. The molecule has 2 aromatic carbocycles. The standard InChI is InChI=1S/C54H87ClN4O13/c1-15-26-56-31-54(65)37(8)68-43(29-52(54,10)66-14)71-44-34(5)47(51(9,63)28-32(3)30-57-36(7)46(60)53(11,64)42(16-2)70-48(61)35(44)6)72-49-45(69-40-20-18-17-19-21-40)41(27-33(4)67-49)59(13)50(62)58(12)39-24-22-38(55)23-25-39/h17-25,32-37,41-47,49,56-57,60,63-65H,15-16,26-31H2,1-14H3/t32-,33-,34+,35-,36-,37+,41+,42-,43+,44+,45-,46-,47-,49+,51-,52-,53-,54+/m1/s1. The Morgan fingerprint density at radius 1 is 0.917 bits per heavy atom. The Hall–Kier alpha value is -3.17. The molecule has 2 amide bonds. The van der Waals surface area contributed by atoms with E-state index >= 15 is 0 Å². The molecule has 6 N–H and O–H groups in total. The molecule has 3 aliphatic rings.